The fourth-order valence-corrected chi connectivity index (χ4v) is 16.8. The first kappa shape index (κ1) is 137. The van der Waals surface area contributed by atoms with Gasteiger partial charge in [-0.05, 0) is 255 Å². The Labute approximate surface area is 1050 Å². The maximum atomic E-state index is 14.2. The molecule has 777 valence electrons. The molecule has 0 fully saturated rings. The standard InChI is InChI=1S/C20H15BrF2O.C18H11BrF2O2.C18H9BrO2.C14H13BFO3.C14H13FO.C8H11BO3.C6H3BrFI.C6H4BrF.CH2Cl2.CH4NP.CH2O3.2CH4.BBr3.2K.H2.H/c1-12-14(17-11-13(21)7-10-19(17)23)8-9-16(20(12)24-2)15-5-3-4-6-18(15)22;19-10-5-8-16(21)14(9-10)13-7-6-12(17(22)18(13)23)11-3-1-2-4-15(11)20;19-10-5-8-16-14(9-10)13-7-6-12-11-3-1-2-4-15(11)20-17(12)18(13)21-16;1-9-13(19-15-17)8-7-11(14(9)18-2)10-5-3-4-6-12(10)16;1-10-6-5-8-12(14(10)16-2)11-7-3-4-9-13(11)15;1-6-4-3-5-7(9(10)11)8(6)12-2;7-4-1-2-5(8)6(9)3-4;7-5-3-1-2-4-6(5)8;2-1-3;1-2-3;2-1-4-3;;;2-1(3)4;;;;/h3-11H,1-2H3;1-9,22-23H;1-9H;3-8,17H,1-2H3;3-9H,1-2H3;3-5,10-11H,1-2H3;1-3H;1-4H;1H2;3H,1H3;1,3H;2*1H4;;;;1H;/q;;;;;;;;;;;;;;2*+1;;-1/p-1/i;;;;;;;;;;;;;;;;1+1;. The molecule has 5 N–H and O–H groups in total. The Morgan fingerprint density at radius 3 is 1.15 bits per heavy atom. The third kappa shape index (κ3) is 40.1. The molecule has 2 aromatic heterocycles. The van der Waals surface area contributed by atoms with E-state index in [2.05, 4.69) is 170 Å². The van der Waals surface area contributed by atoms with Gasteiger partial charge < -0.3 is 69.3 Å². The van der Waals surface area contributed by atoms with Crippen LogP contribution >= 0.6 is 182 Å². The molecule has 0 saturated carbocycles. The molecule has 16 nitrogen and oxygen atoms in total. The number of fused-ring (bicyclic) bond motifs is 7. The van der Waals surface area contributed by atoms with E-state index in [1.54, 1.807) is 155 Å². The number of hydrogen-bond donors (Lipinski definition) is 5. The summed E-state index contributed by atoms with van der Waals surface area (Å²) in [7, 11) is 9.76. The summed E-state index contributed by atoms with van der Waals surface area (Å²) in [5.41, 5.74) is 12.5. The number of methoxy groups -OCH3 is 4. The van der Waals surface area contributed by atoms with Crippen LogP contribution in [0.5, 0.6) is 40.2 Å². The van der Waals surface area contributed by atoms with Gasteiger partial charge in [0.15, 0.2) is 22.7 Å². The Hall–Kier alpha value is -6.81. The number of rotatable bonds is 14. The summed E-state index contributed by atoms with van der Waals surface area (Å²) < 4.78 is 155. The van der Waals surface area contributed by atoms with Crippen LogP contribution < -0.4 is 137 Å². The van der Waals surface area contributed by atoms with E-state index in [0.717, 1.165) is 85.3 Å². The van der Waals surface area contributed by atoms with E-state index in [4.69, 9.17) is 80.8 Å². The van der Waals surface area contributed by atoms with Crippen LogP contribution in [-0.4, -0.2) is 90.6 Å². The molecule has 41 heteroatoms. The van der Waals surface area contributed by atoms with Crippen molar-refractivity contribution in [1.29, 1.82) is 0 Å². The number of furan rings is 2. The molecule has 1 radical (unpaired) electrons. The largest absolute Gasteiger partial charge is 1.00 e. The van der Waals surface area contributed by atoms with E-state index in [0.29, 0.717) is 93.2 Å². The van der Waals surface area contributed by atoms with Gasteiger partial charge in [-0.3, -0.25) is 9.54 Å². The first-order valence-corrected chi connectivity index (χ1v) is 51.7. The normalized spacial score (nSPS) is 9.79. The average Bonchev–Trinajstić information content (AvgIpc) is 1.58. The summed E-state index contributed by atoms with van der Waals surface area (Å²) in [6.07, 6.45) is 0. The van der Waals surface area contributed by atoms with Crippen molar-refractivity contribution in [3.05, 3.63) is 398 Å². The molecule has 0 atom stereocenters. The van der Waals surface area contributed by atoms with Crippen LogP contribution in [0.4, 0.5) is 35.1 Å². The van der Waals surface area contributed by atoms with Gasteiger partial charge in [-0.25, -0.2) is 35.1 Å². The number of halogens is 19. The number of carbonyl (C=O) groups is 1. The van der Waals surface area contributed by atoms with Gasteiger partial charge in [0.2, 0.25) is 0 Å². The molecule has 16 aromatic carbocycles. The van der Waals surface area contributed by atoms with Crippen molar-refractivity contribution in [2.45, 2.75) is 42.5 Å². The SMILES string of the molecule is BrB(Br)Br.Brc1ccc2oc3c(ccc4c5ccccc5oc43)c2c1.C.C.CN=P.COc1c(-c2ccccc2F)ccc(-c2cc(Br)ccc2F)c1C.COc1c(-c2ccccc2F)ccc(O[B]O)c1C.COc1c(C)cccc1-c1ccccc1F.COc1c(C)cccc1B(O)O.ClCCl.Fc1ccc(Br)cc1I.Fc1ccccc1Br.O=CO[O-].Oc1c(-c2ccccc2F)ccc(-c2cc(Br)ccc2F)c1O.[2HH].[H-].[K+].[K+]. The van der Waals surface area contributed by atoms with Crippen molar-refractivity contribution in [3.63, 3.8) is 0 Å². The van der Waals surface area contributed by atoms with Gasteiger partial charge >= 0.3 is 121 Å². The predicted molar refractivity (Wildman–Crippen MR) is 626 cm³/mol. The molecule has 0 aliphatic rings. The monoisotopic (exact) mass is 2780 g/mol. The van der Waals surface area contributed by atoms with Crippen LogP contribution in [0.1, 0.15) is 40.0 Å². The van der Waals surface area contributed by atoms with Gasteiger partial charge in [0.05, 0.1) is 38.3 Å². The molecule has 18 aromatic rings. The summed E-state index contributed by atoms with van der Waals surface area (Å²) in [4.78, 5) is 11.2. The first-order chi connectivity index (χ1) is 69.9. The number of phenols is 2. The molecule has 0 aliphatic heterocycles. The zero-order chi connectivity index (χ0) is 108. The molecule has 0 saturated heterocycles. The number of hydrogen-bond acceptors (Lipinski definition) is 16. The minimum Gasteiger partial charge on any atom is -1.00 e. The van der Waals surface area contributed by atoms with E-state index in [-0.39, 0.29) is 193 Å². The van der Waals surface area contributed by atoms with Crippen LogP contribution in [0.15, 0.2) is 339 Å². The molecular weight excluding hydrogens is 2690 g/mol. The van der Waals surface area contributed by atoms with Gasteiger partial charge in [-0.15, -0.1) is 70.5 Å². The zero-order valence-corrected chi connectivity index (χ0v) is 104. The Morgan fingerprint density at radius 1 is 0.420 bits per heavy atom. The number of para-hydroxylation sites is 3. The first-order valence-electron chi connectivity index (χ1n) is 42.4. The summed E-state index contributed by atoms with van der Waals surface area (Å²) >= 11 is 37.1. The number of phenolic OH excluding ortho intramolecular Hbond substituents is 2. The van der Waals surface area contributed by atoms with Gasteiger partial charge in [-0.2, -0.15) is 0 Å². The molecular formula is C109H97B3Br8Cl2F8IK2NO15P. The number of ether oxygens (including phenoxy) is 4. The maximum Gasteiger partial charge on any atom is 1.00 e. The van der Waals surface area contributed by atoms with Crippen molar-refractivity contribution in [2.75, 3.05) is 40.8 Å². The molecule has 0 unspecified atom stereocenters. The van der Waals surface area contributed by atoms with Crippen LogP contribution in [0, 0.1) is 77.8 Å². The fourth-order valence-electron chi connectivity index (χ4n) is 14.1. The number of aryl methyl sites for hydroxylation is 2. The number of carbonyl (C=O) groups excluding carboxylic acids is 1. The van der Waals surface area contributed by atoms with Gasteiger partial charge in [0.1, 0.15) is 86.5 Å². The second-order valence-electron chi connectivity index (χ2n) is 29.5. The molecule has 0 bridgehead atoms. The van der Waals surface area contributed by atoms with Gasteiger partial charge in [-0.1, -0.05) is 224 Å². The smallest absolute Gasteiger partial charge is 1.00 e. The minimum absolute atomic E-state index is 0. The number of nitrogens with zero attached hydrogens (tertiary/aromatic N) is 1. The molecule has 0 amide bonds. The quantitative estimate of drug-likeness (QED) is 0.00651. The molecule has 150 heavy (non-hydrogen) atoms. The molecule has 2 heterocycles. The Balaban J connectivity index is 0.000000862. The van der Waals surface area contributed by atoms with Crippen molar-refractivity contribution in [3.8, 4) is 107 Å². The molecule has 0 aliphatic carbocycles. The summed E-state index contributed by atoms with van der Waals surface area (Å²) in [5, 5.41) is 60.1. The second kappa shape index (κ2) is 71.4. The van der Waals surface area contributed by atoms with Gasteiger partial charge in [0.25, 0.3) is 6.47 Å². The van der Waals surface area contributed by atoms with E-state index in [9.17, 15) is 45.3 Å². The fraction of sp³-hybridized carbons (Fsp3) is 0.110. The summed E-state index contributed by atoms with van der Waals surface area (Å²) in [6.45, 7) is 7.24. The van der Waals surface area contributed by atoms with Crippen LogP contribution in [0.25, 0.3) is 111 Å². The maximum absolute atomic E-state index is 14.2. The summed E-state index contributed by atoms with van der Waals surface area (Å²) in [6, 6.07) is 85.1. The zero-order valence-electron chi connectivity index (χ0n) is 81.3. The van der Waals surface area contributed by atoms with Crippen molar-refractivity contribution in [1.82, 2.24) is 0 Å². The Morgan fingerprint density at radius 2 is 0.747 bits per heavy atom. The van der Waals surface area contributed by atoms with Crippen LogP contribution in [0.2, 0.25) is 0 Å². The van der Waals surface area contributed by atoms with Crippen molar-refractivity contribution < 1.29 is 213 Å². The Kier molecular flexibility index (Phi) is 65.4. The van der Waals surface area contributed by atoms with Crippen molar-refractivity contribution in [2.24, 2.45) is 4.74 Å². The van der Waals surface area contributed by atoms with E-state index in [1.807, 2.05) is 104 Å². The number of aromatic hydroxyl groups is 2. The van der Waals surface area contributed by atoms with Crippen LogP contribution in [0.3, 0.4) is 0 Å². The third-order valence-electron chi connectivity index (χ3n) is 20.4. The van der Waals surface area contributed by atoms with E-state index >= 15 is 0 Å². The minimum atomic E-state index is -1.47. The van der Waals surface area contributed by atoms with Crippen molar-refractivity contribution >= 4 is 256 Å². The van der Waals surface area contributed by atoms with Gasteiger partial charge in [0, 0.05) is 124 Å². The topological polar surface area (TPSA) is 235 Å². The van der Waals surface area contributed by atoms with E-state index < -0.39 is 30.3 Å². The Bertz CT molecular complexity index is 7400. The molecule has 18 rings (SSSR count). The van der Waals surface area contributed by atoms with E-state index in [1.165, 1.54) is 106 Å². The number of alkyl halides is 2. The molecule has 0 spiro atoms. The average molecular weight is 2790 g/mol. The summed E-state index contributed by atoms with van der Waals surface area (Å²) in [5.74, 6) is -0.848. The second-order valence-corrected chi connectivity index (χ2v) is 42.8. The predicted octanol–water partition coefficient (Wildman–Crippen LogP) is 28.7. The third-order valence-corrected chi connectivity index (χ3v) is 23.9. The number of benzene rings is 16. The van der Waals surface area contributed by atoms with Crippen LogP contribution in [-0.2, 0) is 9.68 Å².